The van der Waals surface area contributed by atoms with E-state index in [1.807, 2.05) is 0 Å². The minimum Gasteiger partial charge on any atom is -0.405 e. The summed E-state index contributed by atoms with van der Waals surface area (Å²) in [5.74, 6) is -0.0249. The van der Waals surface area contributed by atoms with Crippen LogP contribution < -0.4 is 19.7 Å². The van der Waals surface area contributed by atoms with Crippen LogP contribution in [0.15, 0.2) is 47.0 Å². The SMILES string of the molecule is O=C(NS(=O)(=O)C1CC1)c1ccc2nc(N3CCC(NCc4c(-c5ccccc5OC(F)(F)F)noc4C4CC4)CC3)sc2c1. The molecule has 3 fully saturated rings. The van der Waals surface area contributed by atoms with E-state index >= 15 is 0 Å². The summed E-state index contributed by atoms with van der Waals surface area (Å²) in [6.07, 6.45) is -0.145. The number of fused-ring (bicyclic) bond motifs is 1. The van der Waals surface area contributed by atoms with Crippen molar-refractivity contribution in [2.45, 2.75) is 68.6 Å². The van der Waals surface area contributed by atoms with Gasteiger partial charge in [0.15, 0.2) is 5.13 Å². The number of benzene rings is 2. The quantitative estimate of drug-likeness (QED) is 0.220. The lowest BCUT2D eigenvalue weighted by atomic mass is 10.0. The molecule has 2 aromatic carbocycles. The van der Waals surface area contributed by atoms with Gasteiger partial charge < -0.3 is 19.5 Å². The maximum absolute atomic E-state index is 13.1. The summed E-state index contributed by atoms with van der Waals surface area (Å²) < 4.78 is 76.6. The standard InChI is InChI=1S/C30H30F3N5O5S2/c31-30(32,33)42-24-4-2-1-3-21(24)26-22(27(43-36-26)17-5-6-17)16-34-19-11-13-38(14-12-19)29-35-23-10-7-18(15-25(23)44-29)28(39)37-45(40,41)20-8-9-20/h1-4,7,10,15,17,19-20,34H,5-6,8-9,11-14,16H2,(H,37,39). The normalized spacial score (nSPS) is 18.0. The van der Waals surface area contributed by atoms with Crippen LogP contribution in [-0.2, 0) is 16.6 Å². The van der Waals surface area contributed by atoms with E-state index in [-0.39, 0.29) is 28.8 Å². The third kappa shape index (κ3) is 6.65. The van der Waals surface area contributed by atoms with Gasteiger partial charge in [0.25, 0.3) is 5.91 Å². The van der Waals surface area contributed by atoms with Crippen LogP contribution in [0.5, 0.6) is 5.75 Å². The van der Waals surface area contributed by atoms with Crippen LogP contribution in [-0.4, -0.2) is 55.2 Å². The van der Waals surface area contributed by atoms with Gasteiger partial charge in [0.2, 0.25) is 10.0 Å². The van der Waals surface area contributed by atoms with Crippen molar-refractivity contribution in [3.05, 3.63) is 59.4 Å². The minimum absolute atomic E-state index is 0.163. The third-order valence-corrected chi connectivity index (χ3v) is 11.2. The number of carbonyl (C=O) groups is 1. The molecule has 7 rings (SSSR count). The summed E-state index contributed by atoms with van der Waals surface area (Å²) in [6.45, 7) is 1.87. The van der Waals surface area contributed by atoms with E-state index in [0.29, 0.717) is 30.8 Å². The van der Waals surface area contributed by atoms with Crippen LogP contribution in [0.25, 0.3) is 21.5 Å². The number of ether oxygens (including phenoxy) is 1. The molecule has 238 valence electrons. The van der Waals surface area contributed by atoms with E-state index < -0.39 is 27.5 Å². The molecule has 4 aromatic rings. The fourth-order valence-electron chi connectivity index (χ4n) is 5.61. The minimum atomic E-state index is -4.83. The molecule has 0 atom stereocenters. The smallest absolute Gasteiger partial charge is 0.405 e. The largest absolute Gasteiger partial charge is 0.573 e. The summed E-state index contributed by atoms with van der Waals surface area (Å²) in [4.78, 5) is 19.5. The maximum atomic E-state index is 13.1. The number of para-hydroxylation sites is 1. The molecular formula is C30H30F3N5O5S2. The van der Waals surface area contributed by atoms with Crippen molar-refractivity contribution in [2.24, 2.45) is 0 Å². The van der Waals surface area contributed by atoms with Crippen LogP contribution in [0, 0.1) is 0 Å². The Hall–Kier alpha value is -3.69. The molecule has 0 radical (unpaired) electrons. The van der Waals surface area contributed by atoms with Crippen LogP contribution in [0.4, 0.5) is 18.3 Å². The summed E-state index contributed by atoms with van der Waals surface area (Å²) >= 11 is 1.45. The second kappa shape index (κ2) is 11.6. The summed E-state index contributed by atoms with van der Waals surface area (Å²) in [7, 11) is -3.63. The molecule has 0 spiro atoms. The van der Waals surface area contributed by atoms with E-state index in [4.69, 9.17) is 9.51 Å². The highest BCUT2D eigenvalue weighted by molar-refractivity contribution is 7.91. The molecule has 1 saturated heterocycles. The Morgan fingerprint density at radius 2 is 1.82 bits per heavy atom. The molecule has 3 aliphatic rings. The molecule has 0 unspecified atom stereocenters. The van der Waals surface area contributed by atoms with Gasteiger partial charge in [-0.25, -0.2) is 18.1 Å². The molecule has 1 aliphatic heterocycles. The Balaban J connectivity index is 1.00. The molecule has 2 N–H and O–H groups in total. The number of anilines is 1. The van der Waals surface area contributed by atoms with Gasteiger partial charge in [-0.3, -0.25) is 4.79 Å². The highest BCUT2D eigenvalue weighted by atomic mass is 32.2. The molecule has 15 heteroatoms. The number of nitrogens with zero attached hydrogens (tertiary/aromatic N) is 3. The van der Waals surface area contributed by atoms with Gasteiger partial charge in [0.1, 0.15) is 17.2 Å². The molecule has 2 aliphatic carbocycles. The molecule has 0 bridgehead atoms. The van der Waals surface area contributed by atoms with Crippen molar-refractivity contribution in [3.8, 4) is 17.0 Å². The van der Waals surface area contributed by atoms with Gasteiger partial charge in [-0.05, 0) is 68.9 Å². The highest BCUT2D eigenvalue weighted by Crippen LogP contribution is 2.45. The Kier molecular flexibility index (Phi) is 7.72. The van der Waals surface area contributed by atoms with Crippen molar-refractivity contribution >= 4 is 42.6 Å². The fourth-order valence-corrected chi connectivity index (χ4v) is 7.96. The van der Waals surface area contributed by atoms with Crippen molar-refractivity contribution in [1.29, 1.82) is 0 Å². The number of amides is 1. The second-order valence-electron chi connectivity index (χ2n) is 11.7. The average Bonchev–Trinajstić information content (AvgIpc) is 3.94. The van der Waals surface area contributed by atoms with Crippen LogP contribution in [0.2, 0.25) is 0 Å². The maximum Gasteiger partial charge on any atom is 0.573 e. The lowest BCUT2D eigenvalue weighted by molar-refractivity contribution is -0.274. The van der Waals surface area contributed by atoms with Gasteiger partial charge >= 0.3 is 6.36 Å². The van der Waals surface area contributed by atoms with E-state index in [9.17, 15) is 26.4 Å². The fraction of sp³-hybridized carbons (Fsp3) is 0.433. The number of piperidine rings is 1. The first-order valence-corrected chi connectivity index (χ1v) is 17.2. The Bertz CT molecular complexity index is 1840. The van der Waals surface area contributed by atoms with Crippen molar-refractivity contribution in [2.75, 3.05) is 18.0 Å². The number of sulfonamides is 1. The monoisotopic (exact) mass is 661 g/mol. The van der Waals surface area contributed by atoms with Gasteiger partial charge in [-0.1, -0.05) is 28.6 Å². The number of alkyl halides is 3. The van der Waals surface area contributed by atoms with Gasteiger partial charge in [0, 0.05) is 48.3 Å². The Morgan fingerprint density at radius 3 is 2.53 bits per heavy atom. The topological polar surface area (TPSA) is 127 Å². The molecule has 10 nitrogen and oxygen atoms in total. The third-order valence-electron chi connectivity index (χ3n) is 8.31. The van der Waals surface area contributed by atoms with Crippen LogP contribution >= 0.6 is 11.3 Å². The first-order valence-electron chi connectivity index (χ1n) is 14.8. The predicted molar refractivity (Wildman–Crippen MR) is 162 cm³/mol. The van der Waals surface area contributed by atoms with Crippen molar-refractivity contribution < 1.29 is 35.6 Å². The second-order valence-corrected chi connectivity index (χ2v) is 14.7. The van der Waals surface area contributed by atoms with Crippen LogP contribution in [0.1, 0.15) is 66.1 Å². The Labute approximate surface area is 261 Å². The van der Waals surface area contributed by atoms with Crippen LogP contribution in [0.3, 0.4) is 0 Å². The molecule has 45 heavy (non-hydrogen) atoms. The number of thiazole rings is 1. The molecule has 3 heterocycles. The Morgan fingerprint density at radius 1 is 1.07 bits per heavy atom. The van der Waals surface area contributed by atoms with Gasteiger partial charge in [-0.2, -0.15) is 0 Å². The summed E-state index contributed by atoms with van der Waals surface area (Å²) in [6, 6.07) is 11.1. The van der Waals surface area contributed by atoms with Crippen molar-refractivity contribution in [1.82, 2.24) is 20.2 Å². The number of rotatable bonds is 10. The molecule has 1 amide bonds. The zero-order valence-corrected chi connectivity index (χ0v) is 25.6. The summed E-state index contributed by atoms with van der Waals surface area (Å²) in [5.41, 5.74) is 2.36. The van der Waals surface area contributed by atoms with E-state index in [2.05, 4.69) is 24.8 Å². The first kappa shape index (κ1) is 30.0. The predicted octanol–water partition coefficient (Wildman–Crippen LogP) is 5.71. The van der Waals surface area contributed by atoms with E-state index in [1.165, 1.54) is 23.5 Å². The number of nitrogens with one attached hydrogen (secondary N) is 2. The lowest BCUT2D eigenvalue weighted by Crippen LogP contribution is -2.42. The number of hydrogen-bond donors (Lipinski definition) is 2. The number of halogens is 3. The molecular weight excluding hydrogens is 631 g/mol. The number of hydrogen-bond acceptors (Lipinski definition) is 10. The molecule has 2 aromatic heterocycles. The summed E-state index contributed by atoms with van der Waals surface area (Å²) in [5, 5.41) is 8.10. The van der Waals surface area contributed by atoms with Gasteiger partial charge in [0.05, 0.1) is 15.5 Å². The average molecular weight is 662 g/mol. The van der Waals surface area contributed by atoms with E-state index in [0.717, 1.165) is 59.7 Å². The molecule has 2 saturated carbocycles. The number of carbonyl (C=O) groups excluding carboxylic acids is 1. The lowest BCUT2D eigenvalue weighted by Gasteiger charge is -2.32. The van der Waals surface area contributed by atoms with E-state index in [1.54, 1.807) is 30.3 Å². The number of aromatic nitrogens is 2. The first-order chi connectivity index (χ1) is 21.5. The zero-order chi connectivity index (χ0) is 31.3. The zero-order valence-electron chi connectivity index (χ0n) is 24.0. The van der Waals surface area contributed by atoms with Crippen molar-refractivity contribution in [3.63, 3.8) is 0 Å². The van der Waals surface area contributed by atoms with Gasteiger partial charge in [-0.15, -0.1) is 13.2 Å². The highest BCUT2D eigenvalue weighted by Gasteiger charge is 2.38.